The molecule has 6 heteroatoms. The second-order valence-corrected chi connectivity index (χ2v) is 4.83. The lowest BCUT2D eigenvalue weighted by Gasteiger charge is -2.01. The van der Waals surface area contributed by atoms with E-state index in [1.165, 1.54) is 0 Å². The number of fused-ring (bicyclic) bond motifs is 1. The second kappa shape index (κ2) is 5.32. The Bertz CT molecular complexity index is 794. The predicted octanol–water partition coefficient (Wildman–Crippen LogP) is 1.67. The fourth-order valence-electron chi connectivity index (χ4n) is 2.13. The van der Waals surface area contributed by atoms with Crippen LogP contribution in [0.5, 0.6) is 0 Å². The van der Waals surface area contributed by atoms with E-state index in [0.29, 0.717) is 17.2 Å². The van der Waals surface area contributed by atoms with E-state index in [2.05, 4.69) is 20.4 Å². The molecule has 3 aromatic rings. The molecule has 0 aliphatic heterocycles. The molecule has 0 bridgehead atoms. The molecule has 0 spiro atoms. The van der Waals surface area contributed by atoms with Crippen LogP contribution in [-0.2, 0) is 6.54 Å². The Hall–Kier alpha value is -2.76. The minimum atomic E-state index is -0.143. The van der Waals surface area contributed by atoms with Crippen molar-refractivity contribution in [3.05, 3.63) is 59.2 Å². The summed E-state index contributed by atoms with van der Waals surface area (Å²) in [7, 11) is 0. The number of hydrogen-bond acceptors (Lipinski definition) is 4. The number of nitrogens with one attached hydrogen (secondary N) is 1. The Balaban J connectivity index is 1.77. The van der Waals surface area contributed by atoms with Gasteiger partial charge in [-0.05, 0) is 32.0 Å². The van der Waals surface area contributed by atoms with Crippen LogP contribution in [0.3, 0.4) is 0 Å². The van der Waals surface area contributed by atoms with Gasteiger partial charge in [-0.15, -0.1) is 5.10 Å². The third kappa shape index (κ3) is 2.74. The number of rotatable bonds is 3. The molecule has 1 aromatic carbocycles. The van der Waals surface area contributed by atoms with Gasteiger partial charge in [0.1, 0.15) is 0 Å². The minimum Gasteiger partial charge on any atom is -0.345 e. The standard InChI is InChI=1S/C15H15N5O/c1-10-8-11(2)20-15(17-10)18-13(19-20)9-16-14(21)12-6-4-3-5-7-12/h3-8H,9H2,1-2H3,(H,16,21). The maximum atomic E-state index is 12.0. The van der Waals surface area contributed by atoms with Crippen LogP contribution in [0.1, 0.15) is 27.6 Å². The molecule has 21 heavy (non-hydrogen) atoms. The maximum Gasteiger partial charge on any atom is 0.252 e. The van der Waals surface area contributed by atoms with Crippen molar-refractivity contribution < 1.29 is 4.79 Å². The van der Waals surface area contributed by atoms with Gasteiger partial charge >= 0.3 is 0 Å². The summed E-state index contributed by atoms with van der Waals surface area (Å²) in [5, 5.41) is 7.15. The van der Waals surface area contributed by atoms with E-state index < -0.39 is 0 Å². The number of amides is 1. The number of carbonyl (C=O) groups is 1. The highest BCUT2D eigenvalue weighted by Gasteiger charge is 2.09. The van der Waals surface area contributed by atoms with Gasteiger partial charge in [0.2, 0.25) is 0 Å². The first-order valence-corrected chi connectivity index (χ1v) is 6.66. The fourth-order valence-corrected chi connectivity index (χ4v) is 2.13. The van der Waals surface area contributed by atoms with Crippen LogP contribution < -0.4 is 5.32 Å². The largest absolute Gasteiger partial charge is 0.345 e. The number of nitrogens with zero attached hydrogens (tertiary/aromatic N) is 4. The monoisotopic (exact) mass is 281 g/mol. The highest BCUT2D eigenvalue weighted by molar-refractivity contribution is 5.93. The van der Waals surface area contributed by atoms with Gasteiger partial charge < -0.3 is 5.32 Å². The van der Waals surface area contributed by atoms with Crippen molar-refractivity contribution in [2.24, 2.45) is 0 Å². The van der Waals surface area contributed by atoms with Crippen LogP contribution in [0.4, 0.5) is 0 Å². The first-order valence-electron chi connectivity index (χ1n) is 6.66. The first kappa shape index (κ1) is 13.2. The van der Waals surface area contributed by atoms with Gasteiger partial charge in [-0.3, -0.25) is 4.79 Å². The molecular weight excluding hydrogens is 266 g/mol. The average Bonchev–Trinajstić information content (AvgIpc) is 2.89. The summed E-state index contributed by atoms with van der Waals surface area (Å²) in [6.07, 6.45) is 0. The molecular formula is C15H15N5O. The molecule has 0 unspecified atom stereocenters. The molecule has 1 amide bonds. The van der Waals surface area contributed by atoms with Crippen molar-refractivity contribution in [1.82, 2.24) is 24.9 Å². The topological polar surface area (TPSA) is 72.2 Å². The maximum absolute atomic E-state index is 12.0. The van der Waals surface area contributed by atoms with E-state index in [9.17, 15) is 4.79 Å². The number of hydrogen-bond donors (Lipinski definition) is 1. The number of aryl methyl sites for hydroxylation is 2. The van der Waals surface area contributed by atoms with E-state index in [4.69, 9.17) is 0 Å². The van der Waals surface area contributed by atoms with Crippen LogP contribution in [0.15, 0.2) is 36.4 Å². The normalized spacial score (nSPS) is 10.8. The lowest BCUT2D eigenvalue weighted by atomic mass is 10.2. The third-order valence-corrected chi connectivity index (χ3v) is 3.11. The zero-order valence-corrected chi connectivity index (χ0v) is 11.9. The first-order chi connectivity index (χ1) is 10.1. The number of aromatic nitrogens is 4. The van der Waals surface area contributed by atoms with Crippen LogP contribution in [0.2, 0.25) is 0 Å². The van der Waals surface area contributed by atoms with E-state index in [1.807, 2.05) is 38.1 Å². The fraction of sp³-hybridized carbons (Fsp3) is 0.200. The predicted molar refractivity (Wildman–Crippen MR) is 77.9 cm³/mol. The molecule has 0 fully saturated rings. The zero-order valence-electron chi connectivity index (χ0n) is 11.9. The molecule has 0 aliphatic rings. The zero-order chi connectivity index (χ0) is 14.8. The Kier molecular flexibility index (Phi) is 3.35. The smallest absolute Gasteiger partial charge is 0.252 e. The van der Waals surface area contributed by atoms with Gasteiger partial charge in [0.25, 0.3) is 11.7 Å². The van der Waals surface area contributed by atoms with Crippen LogP contribution in [0.25, 0.3) is 5.78 Å². The summed E-state index contributed by atoms with van der Waals surface area (Å²) < 4.78 is 1.68. The van der Waals surface area contributed by atoms with Gasteiger partial charge in [0, 0.05) is 17.0 Å². The molecule has 0 atom stereocenters. The average molecular weight is 281 g/mol. The van der Waals surface area contributed by atoms with Gasteiger partial charge in [0.05, 0.1) is 6.54 Å². The molecule has 2 heterocycles. The summed E-state index contributed by atoms with van der Waals surface area (Å²) in [6.45, 7) is 4.14. The molecule has 106 valence electrons. The van der Waals surface area contributed by atoms with Crippen LogP contribution >= 0.6 is 0 Å². The van der Waals surface area contributed by atoms with Gasteiger partial charge in [-0.1, -0.05) is 18.2 Å². The van der Waals surface area contributed by atoms with Crippen molar-refractivity contribution >= 4 is 11.7 Å². The molecule has 0 saturated carbocycles. The van der Waals surface area contributed by atoms with E-state index in [-0.39, 0.29) is 12.5 Å². The third-order valence-electron chi connectivity index (χ3n) is 3.11. The lowest BCUT2D eigenvalue weighted by Crippen LogP contribution is -2.23. The summed E-state index contributed by atoms with van der Waals surface area (Å²) >= 11 is 0. The molecule has 0 saturated heterocycles. The summed E-state index contributed by atoms with van der Waals surface area (Å²) in [4.78, 5) is 20.6. The Morgan fingerprint density at radius 2 is 1.95 bits per heavy atom. The summed E-state index contributed by atoms with van der Waals surface area (Å²) in [6, 6.07) is 11.0. The minimum absolute atomic E-state index is 0.143. The van der Waals surface area contributed by atoms with E-state index >= 15 is 0 Å². The van der Waals surface area contributed by atoms with Crippen molar-refractivity contribution in [3.63, 3.8) is 0 Å². The SMILES string of the molecule is Cc1cc(C)n2nc(CNC(=O)c3ccccc3)nc2n1. The molecule has 1 N–H and O–H groups in total. The number of carbonyl (C=O) groups excluding carboxylic acids is 1. The van der Waals surface area contributed by atoms with E-state index in [1.54, 1.807) is 16.6 Å². The highest BCUT2D eigenvalue weighted by Crippen LogP contribution is 2.05. The molecule has 0 radical (unpaired) electrons. The van der Waals surface area contributed by atoms with Gasteiger partial charge in [-0.25, -0.2) is 9.50 Å². The summed E-state index contributed by atoms with van der Waals surface area (Å²) in [5.41, 5.74) is 2.48. The van der Waals surface area contributed by atoms with Crippen molar-refractivity contribution in [1.29, 1.82) is 0 Å². The van der Waals surface area contributed by atoms with Crippen LogP contribution in [-0.4, -0.2) is 25.5 Å². The van der Waals surface area contributed by atoms with Crippen molar-refractivity contribution in [3.8, 4) is 0 Å². The summed E-state index contributed by atoms with van der Waals surface area (Å²) in [5.74, 6) is 0.951. The Labute approximate surface area is 121 Å². The van der Waals surface area contributed by atoms with E-state index in [0.717, 1.165) is 11.4 Å². The second-order valence-electron chi connectivity index (χ2n) is 4.83. The molecule has 0 aliphatic carbocycles. The van der Waals surface area contributed by atoms with Gasteiger partial charge in [-0.2, -0.15) is 4.98 Å². The molecule has 2 aromatic heterocycles. The lowest BCUT2D eigenvalue weighted by molar-refractivity contribution is 0.0950. The van der Waals surface area contributed by atoms with Gasteiger partial charge in [0.15, 0.2) is 5.82 Å². The molecule has 6 nitrogen and oxygen atoms in total. The van der Waals surface area contributed by atoms with Crippen molar-refractivity contribution in [2.75, 3.05) is 0 Å². The Morgan fingerprint density at radius 1 is 1.19 bits per heavy atom. The molecule has 3 rings (SSSR count). The Morgan fingerprint density at radius 3 is 2.71 bits per heavy atom. The quantitative estimate of drug-likeness (QED) is 0.792. The number of benzene rings is 1. The van der Waals surface area contributed by atoms with Crippen molar-refractivity contribution in [2.45, 2.75) is 20.4 Å². The highest BCUT2D eigenvalue weighted by atomic mass is 16.1. The van der Waals surface area contributed by atoms with Crippen LogP contribution in [0, 0.1) is 13.8 Å².